The molecule has 23 heavy (non-hydrogen) atoms. The number of amides is 1. The van der Waals surface area contributed by atoms with Crippen LogP contribution in [0.2, 0.25) is 0 Å². The molecule has 0 bridgehead atoms. The maximum atomic E-state index is 12.3. The minimum absolute atomic E-state index is 0.149. The summed E-state index contributed by atoms with van der Waals surface area (Å²) in [6.45, 7) is 6.20. The first-order valence-electron chi connectivity index (χ1n) is 7.32. The number of carbonyl (C=O) groups is 1. The fourth-order valence-electron chi connectivity index (χ4n) is 2.08. The van der Waals surface area contributed by atoms with Crippen LogP contribution in [0.3, 0.4) is 0 Å². The van der Waals surface area contributed by atoms with Crippen molar-refractivity contribution < 1.29 is 9.21 Å². The summed E-state index contributed by atoms with van der Waals surface area (Å²) >= 11 is 0. The first kappa shape index (κ1) is 15.0. The number of rotatable bonds is 3. The Morgan fingerprint density at radius 3 is 2.65 bits per heavy atom. The Labute approximate surface area is 134 Å². The highest BCUT2D eigenvalue weighted by Gasteiger charge is 2.22. The zero-order chi connectivity index (χ0) is 16.4. The third-order valence-electron chi connectivity index (χ3n) is 3.33. The van der Waals surface area contributed by atoms with Crippen molar-refractivity contribution in [2.75, 3.05) is 5.32 Å². The van der Waals surface area contributed by atoms with E-state index >= 15 is 0 Å². The molecule has 0 aromatic carbocycles. The molecule has 6 heteroatoms. The minimum Gasteiger partial charge on any atom is -0.459 e. The van der Waals surface area contributed by atoms with Crippen molar-refractivity contribution in [1.29, 1.82) is 0 Å². The van der Waals surface area contributed by atoms with Crippen LogP contribution in [0, 0.1) is 0 Å². The molecule has 6 nitrogen and oxygen atoms in total. The summed E-state index contributed by atoms with van der Waals surface area (Å²) in [6, 6.07) is 10.7. The third-order valence-corrected chi connectivity index (χ3v) is 3.33. The van der Waals surface area contributed by atoms with E-state index in [9.17, 15) is 4.79 Å². The molecular weight excluding hydrogens is 292 g/mol. The van der Waals surface area contributed by atoms with Gasteiger partial charge < -0.3 is 9.73 Å². The number of carbonyl (C=O) groups excluding carboxylic acids is 1. The fourth-order valence-corrected chi connectivity index (χ4v) is 2.08. The topological polar surface area (TPSA) is 73.0 Å². The van der Waals surface area contributed by atoms with Crippen molar-refractivity contribution >= 4 is 11.7 Å². The van der Waals surface area contributed by atoms with Crippen molar-refractivity contribution in [3.05, 3.63) is 60.3 Å². The van der Waals surface area contributed by atoms with Crippen molar-refractivity contribution in [1.82, 2.24) is 14.8 Å². The van der Waals surface area contributed by atoms with Gasteiger partial charge in [0.2, 0.25) is 0 Å². The molecule has 0 saturated carbocycles. The molecule has 0 atom stereocenters. The van der Waals surface area contributed by atoms with Gasteiger partial charge in [0, 0.05) is 17.7 Å². The van der Waals surface area contributed by atoms with Gasteiger partial charge in [0.25, 0.3) is 5.91 Å². The van der Waals surface area contributed by atoms with E-state index in [1.165, 1.54) is 6.26 Å². The Morgan fingerprint density at radius 1 is 1.22 bits per heavy atom. The van der Waals surface area contributed by atoms with E-state index in [2.05, 4.69) is 36.2 Å². The molecule has 0 unspecified atom stereocenters. The first-order valence-corrected chi connectivity index (χ1v) is 7.32. The summed E-state index contributed by atoms with van der Waals surface area (Å²) in [4.78, 5) is 16.6. The molecular formula is C17H18N4O2. The average molecular weight is 310 g/mol. The van der Waals surface area contributed by atoms with Crippen LogP contribution in [0.5, 0.6) is 0 Å². The molecule has 3 aromatic rings. The van der Waals surface area contributed by atoms with Gasteiger partial charge in [0.15, 0.2) is 11.6 Å². The molecule has 0 aliphatic rings. The van der Waals surface area contributed by atoms with E-state index in [-0.39, 0.29) is 17.1 Å². The molecule has 1 N–H and O–H groups in total. The van der Waals surface area contributed by atoms with Crippen molar-refractivity contribution in [2.24, 2.45) is 0 Å². The molecule has 1 amide bonds. The number of anilines is 1. The Morgan fingerprint density at radius 2 is 2.04 bits per heavy atom. The number of furan rings is 1. The summed E-state index contributed by atoms with van der Waals surface area (Å²) in [5.41, 5.74) is 0.711. The molecule has 3 heterocycles. The highest BCUT2D eigenvalue weighted by Crippen LogP contribution is 2.26. The maximum absolute atomic E-state index is 12.3. The number of pyridine rings is 1. The number of aromatic nitrogens is 3. The Hall–Kier alpha value is -2.89. The quantitative estimate of drug-likeness (QED) is 0.804. The second-order valence-corrected chi connectivity index (χ2v) is 6.20. The summed E-state index contributed by atoms with van der Waals surface area (Å²) in [6.07, 6.45) is 3.15. The van der Waals surface area contributed by atoms with Crippen LogP contribution < -0.4 is 5.32 Å². The van der Waals surface area contributed by atoms with E-state index in [0.29, 0.717) is 11.6 Å². The molecule has 0 fully saturated rings. The fraction of sp³-hybridized carbons (Fsp3) is 0.235. The second kappa shape index (κ2) is 5.72. The van der Waals surface area contributed by atoms with Gasteiger partial charge in [0.05, 0.1) is 12.0 Å². The molecule has 0 radical (unpaired) electrons. The van der Waals surface area contributed by atoms with Gasteiger partial charge in [-0.2, -0.15) is 9.78 Å². The van der Waals surface area contributed by atoms with Gasteiger partial charge >= 0.3 is 0 Å². The van der Waals surface area contributed by atoms with Gasteiger partial charge in [-0.15, -0.1) is 0 Å². The molecule has 3 aromatic heterocycles. The van der Waals surface area contributed by atoms with Crippen LogP contribution in [0.25, 0.3) is 5.82 Å². The Kier molecular flexibility index (Phi) is 3.73. The van der Waals surface area contributed by atoms with Crippen LogP contribution in [-0.4, -0.2) is 20.7 Å². The van der Waals surface area contributed by atoms with E-state index in [0.717, 1.165) is 5.69 Å². The van der Waals surface area contributed by atoms with Crippen LogP contribution >= 0.6 is 0 Å². The zero-order valence-corrected chi connectivity index (χ0v) is 13.3. The number of nitrogens with one attached hydrogen (secondary N) is 1. The minimum atomic E-state index is -0.326. The molecule has 0 saturated heterocycles. The van der Waals surface area contributed by atoms with Gasteiger partial charge in [-0.1, -0.05) is 26.8 Å². The van der Waals surface area contributed by atoms with Crippen molar-refractivity contribution in [2.45, 2.75) is 26.2 Å². The lowest BCUT2D eigenvalue weighted by atomic mass is 9.92. The summed E-state index contributed by atoms with van der Waals surface area (Å²) < 4.78 is 6.76. The molecule has 0 aliphatic heterocycles. The lowest BCUT2D eigenvalue weighted by Gasteiger charge is -2.13. The van der Waals surface area contributed by atoms with Crippen LogP contribution in [-0.2, 0) is 5.41 Å². The van der Waals surface area contributed by atoms with Crippen molar-refractivity contribution in [3.8, 4) is 5.82 Å². The largest absolute Gasteiger partial charge is 0.459 e. The standard InChI is InChI=1S/C17H18N4O2/c1-17(2,3)13-11-15(19-16(22)12-7-6-10-23-12)21(20-13)14-8-4-5-9-18-14/h4-11H,1-3H3,(H,19,22). The summed E-state index contributed by atoms with van der Waals surface area (Å²) in [5, 5.41) is 7.43. The number of hydrogen-bond acceptors (Lipinski definition) is 4. The van der Waals surface area contributed by atoms with Gasteiger partial charge in [0.1, 0.15) is 5.82 Å². The van der Waals surface area contributed by atoms with E-state index in [1.54, 1.807) is 23.0 Å². The molecule has 3 rings (SSSR count). The van der Waals surface area contributed by atoms with Gasteiger partial charge in [-0.05, 0) is 24.3 Å². The van der Waals surface area contributed by atoms with E-state index < -0.39 is 0 Å². The zero-order valence-electron chi connectivity index (χ0n) is 13.3. The maximum Gasteiger partial charge on any atom is 0.292 e. The van der Waals surface area contributed by atoms with Gasteiger partial charge in [-0.3, -0.25) is 4.79 Å². The van der Waals surface area contributed by atoms with Crippen LogP contribution in [0.4, 0.5) is 5.82 Å². The Balaban J connectivity index is 2.01. The normalized spacial score (nSPS) is 11.4. The number of nitrogens with zero attached hydrogens (tertiary/aromatic N) is 3. The smallest absolute Gasteiger partial charge is 0.292 e. The average Bonchev–Trinajstić information content (AvgIpc) is 3.17. The van der Waals surface area contributed by atoms with E-state index in [4.69, 9.17) is 4.42 Å². The third kappa shape index (κ3) is 3.15. The predicted molar refractivity (Wildman–Crippen MR) is 86.7 cm³/mol. The first-order chi connectivity index (χ1) is 10.9. The highest BCUT2D eigenvalue weighted by molar-refractivity contribution is 6.01. The van der Waals surface area contributed by atoms with Crippen LogP contribution in [0.15, 0.2) is 53.3 Å². The van der Waals surface area contributed by atoms with Crippen molar-refractivity contribution in [3.63, 3.8) is 0 Å². The monoisotopic (exact) mass is 310 g/mol. The van der Waals surface area contributed by atoms with Crippen LogP contribution in [0.1, 0.15) is 37.0 Å². The lowest BCUT2D eigenvalue weighted by molar-refractivity contribution is 0.0996. The molecule has 0 aliphatic carbocycles. The van der Waals surface area contributed by atoms with E-state index in [1.807, 2.05) is 24.3 Å². The summed E-state index contributed by atoms with van der Waals surface area (Å²) in [7, 11) is 0. The molecule has 0 spiro atoms. The number of hydrogen-bond donors (Lipinski definition) is 1. The second-order valence-electron chi connectivity index (χ2n) is 6.20. The Bertz CT molecular complexity index is 799. The highest BCUT2D eigenvalue weighted by atomic mass is 16.3. The molecule has 118 valence electrons. The summed E-state index contributed by atoms with van der Waals surface area (Å²) in [5.74, 6) is 1.11. The lowest BCUT2D eigenvalue weighted by Crippen LogP contribution is -2.15. The predicted octanol–water partition coefficient (Wildman–Crippen LogP) is 3.41. The van der Waals surface area contributed by atoms with Gasteiger partial charge in [-0.25, -0.2) is 4.98 Å². The SMILES string of the molecule is CC(C)(C)c1cc(NC(=O)c2ccco2)n(-c2ccccn2)n1.